The number of ketones is 1. The molecule has 5 rings (SSSR count). The van der Waals surface area contributed by atoms with Crippen LogP contribution in [-0.4, -0.2) is 56.6 Å². The fourth-order valence-corrected chi connectivity index (χ4v) is 6.25. The van der Waals surface area contributed by atoms with Gasteiger partial charge in [0.2, 0.25) is 0 Å². The number of fused-ring (bicyclic) bond motifs is 3. The molecule has 0 unspecified atom stereocenters. The Balaban J connectivity index is 1.56. The van der Waals surface area contributed by atoms with Crippen LogP contribution < -0.4 is 5.32 Å². The van der Waals surface area contributed by atoms with Gasteiger partial charge < -0.3 is 5.32 Å². The van der Waals surface area contributed by atoms with Crippen molar-refractivity contribution in [3.05, 3.63) is 34.6 Å². The molecule has 0 atom stereocenters. The van der Waals surface area contributed by atoms with Gasteiger partial charge in [0.15, 0.2) is 0 Å². The first-order valence-electron chi connectivity index (χ1n) is 12.0. The standard InChI is InChI=1S/C26H30N6OS/c1-4-12-31-13-10-19(11-14-31)32-25-20(7-8-21-26(25)34-23(29-21)15-17(3)33)24(30-32)18-6-9-22(27-5-2)28-16-18/h1,6,9,16,19H,5,7-8,10-15H2,2-3H3,(H,27,28). The van der Waals surface area contributed by atoms with Gasteiger partial charge in [-0.3, -0.25) is 14.4 Å². The number of aryl methyl sites for hydroxylation is 1. The summed E-state index contributed by atoms with van der Waals surface area (Å²) in [5, 5.41) is 9.38. The van der Waals surface area contributed by atoms with E-state index in [0.717, 1.165) is 73.1 Å². The number of piperidine rings is 1. The van der Waals surface area contributed by atoms with Gasteiger partial charge in [0.1, 0.15) is 16.6 Å². The van der Waals surface area contributed by atoms with Crippen molar-refractivity contribution in [3.63, 3.8) is 0 Å². The number of Topliss-reactive ketones (excluding diaryl/α,β-unsaturated/α-hetero) is 1. The van der Waals surface area contributed by atoms with E-state index < -0.39 is 0 Å². The normalized spacial score (nSPS) is 16.0. The number of terminal acetylenes is 1. The summed E-state index contributed by atoms with van der Waals surface area (Å²) in [4.78, 5) is 24.7. The van der Waals surface area contributed by atoms with Crippen molar-refractivity contribution in [1.82, 2.24) is 24.6 Å². The molecule has 34 heavy (non-hydrogen) atoms. The number of pyridine rings is 1. The molecule has 0 spiro atoms. The minimum atomic E-state index is 0.147. The second-order valence-corrected chi connectivity index (χ2v) is 10.1. The molecule has 0 radical (unpaired) electrons. The van der Waals surface area contributed by atoms with Crippen molar-refractivity contribution in [1.29, 1.82) is 0 Å². The van der Waals surface area contributed by atoms with Crippen LogP contribution >= 0.6 is 11.3 Å². The zero-order chi connectivity index (χ0) is 23.7. The monoisotopic (exact) mass is 474 g/mol. The molecule has 0 saturated carbocycles. The minimum Gasteiger partial charge on any atom is -0.370 e. The van der Waals surface area contributed by atoms with Gasteiger partial charge >= 0.3 is 0 Å². The minimum absolute atomic E-state index is 0.147. The van der Waals surface area contributed by atoms with Crippen LogP contribution in [0.2, 0.25) is 0 Å². The van der Waals surface area contributed by atoms with E-state index >= 15 is 0 Å². The number of aromatic nitrogens is 4. The first-order chi connectivity index (χ1) is 16.6. The molecular weight excluding hydrogens is 444 g/mol. The number of hydrogen-bond acceptors (Lipinski definition) is 7. The lowest BCUT2D eigenvalue weighted by molar-refractivity contribution is -0.116. The molecule has 0 amide bonds. The number of likely N-dealkylation sites (tertiary alicyclic amines) is 1. The number of carbonyl (C=O) groups excluding carboxylic acids is 1. The first-order valence-corrected chi connectivity index (χ1v) is 12.8. The van der Waals surface area contributed by atoms with E-state index in [9.17, 15) is 4.79 Å². The molecule has 176 valence electrons. The molecule has 0 bridgehead atoms. The molecule has 1 aliphatic heterocycles. The third-order valence-corrected chi connectivity index (χ3v) is 7.69. The average Bonchev–Trinajstić information content (AvgIpc) is 3.41. The van der Waals surface area contributed by atoms with Crippen LogP contribution in [0.1, 0.15) is 49.0 Å². The predicted molar refractivity (Wildman–Crippen MR) is 136 cm³/mol. The quantitative estimate of drug-likeness (QED) is 0.522. The Hall–Kier alpha value is -3.02. The highest BCUT2D eigenvalue weighted by Crippen LogP contribution is 2.44. The lowest BCUT2D eigenvalue weighted by Crippen LogP contribution is -2.35. The number of nitrogens with one attached hydrogen (secondary N) is 1. The number of anilines is 1. The number of carbonyl (C=O) groups is 1. The lowest BCUT2D eigenvalue weighted by atomic mass is 9.95. The molecule has 1 aliphatic carbocycles. The van der Waals surface area contributed by atoms with Gasteiger partial charge in [0.25, 0.3) is 0 Å². The third kappa shape index (κ3) is 4.38. The summed E-state index contributed by atoms with van der Waals surface area (Å²) < 4.78 is 2.25. The molecule has 1 fully saturated rings. The van der Waals surface area contributed by atoms with Crippen LogP contribution in [0.3, 0.4) is 0 Å². The van der Waals surface area contributed by atoms with Gasteiger partial charge in [-0.2, -0.15) is 5.10 Å². The van der Waals surface area contributed by atoms with Crippen molar-refractivity contribution in [2.75, 3.05) is 31.5 Å². The van der Waals surface area contributed by atoms with E-state index in [-0.39, 0.29) is 5.78 Å². The Labute approximate surface area is 204 Å². The molecule has 4 heterocycles. The molecule has 3 aromatic heterocycles. The highest BCUT2D eigenvalue weighted by molar-refractivity contribution is 7.15. The van der Waals surface area contributed by atoms with E-state index in [0.29, 0.717) is 19.0 Å². The summed E-state index contributed by atoms with van der Waals surface area (Å²) in [6, 6.07) is 4.44. The SMILES string of the molecule is C#CCN1CCC(n2nc(-c3ccc(NCC)nc3)c3c2-c2sc(CC(C)=O)nc2CC3)CC1. The highest BCUT2D eigenvalue weighted by Gasteiger charge is 2.32. The molecule has 1 N–H and O–H groups in total. The zero-order valence-corrected chi connectivity index (χ0v) is 20.6. The fraction of sp³-hybridized carbons (Fsp3) is 0.462. The second-order valence-electron chi connectivity index (χ2n) is 9.06. The van der Waals surface area contributed by atoms with Gasteiger partial charge in [-0.1, -0.05) is 5.92 Å². The van der Waals surface area contributed by atoms with Crippen LogP contribution in [0.15, 0.2) is 18.3 Å². The first kappa shape index (κ1) is 22.8. The summed E-state index contributed by atoms with van der Waals surface area (Å²) in [5.41, 5.74) is 5.62. The van der Waals surface area contributed by atoms with Crippen molar-refractivity contribution in [3.8, 4) is 34.2 Å². The Morgan fingerprint density at radius 2 is 2.12 bits per heavy atom. The third-order valence-electron chi connectivity index (χ3n) is 6.59. The van der Waals surface area contributed by atoms with Gasteiger partial charge in [-0.15, -0.1) is 17.8 Å². The lowest BCUT2D eigenvalue weighted by Gasteiger charge is -2.31. The Bertz CT molecular complexity index is 1230. The number of rotatable bonds is 7. The highest BCUT2D eigenvalue weighted by atomic mass is 32.1. The van der Waals surface area contributed by atoms with Gasteiger partial charge in [-0.25, -0.2) is 9.97 Å². The Morgan fingerprint density at radius 3 is 2.79 bits per heavy atom. The van der Waals surface area contributed by atoms with Crippen molar-refractivity contribution < 1.29 is 4.79 Å². The van der Waals surface area contributed by atoms with E-state index in [1.807, 2.05) is 12.3 Å². The summed E-state index contributed by atoms with van der Waals surface area (Å²) in [6.45, 7) is 7.18. The van der Waals surface area contributed by atoms with Gasteiger partial charge in [0, 0.05) is 37.0 Å². The van der Waals surface area contributed by atoms with E-state index in [4.69, 9.17) is 16.5 Å². The zero-order valence-electron chi connectivity index (χ0n) is 19.8. The van der Waals surface area contributed by atoms with Crippen LogP contribution in [0.5, 0.6) is 0 Å². The van der Waals surface area contributed by atoms with Crippen LogP contribution in [0.25, 0.3) is 21.8 Å². The van der Waals surface area contributed by atoms with Crippen LogP contribution in [-0.2, 0) is 24.1 Å². The average molecular weight is 475 g/mol. The number of thiazole rings is 1. The predicted octanol–water partition coefficient (Wildman–Crippen LogP) is 4.00. The van der Waals surface area contributed by atoms with Gasteiger partial charge in [0.05, 0.1) is 41.0 Å². The summed E-state index contributed by atoms with van der Waals surface area (Å²) in [6.07, 6.45) is 11.7. The maximum atomic E-state index is 11.8. The number of hydrogen-bond donors (Lipinski definition) is 1. The van der Waals surface area contributed by atoms with Crippen LogP contribution in [0.4, 0.5) is 5.82 Å². The largest absolute Gasteiger partial charge is 0.370 e. The maximum Gasteiger partial charge on any atom is 0.136 e. The van der Waals surface area contributed by atoms with Gasteiger partial charge in [-0.05, 0) is 51.7 Å². The summed E-state index contributed by atoms with van der Waals surface area (Å²) in [7, 11) is 0. The fourth-order valence-electron chi connectivity index (χ4n) is 5.00. The molecular formula is C26H30N6OS. The Morgan fingerprint density at radius 1 is 1.29 bits per heavy atom. The van der Waals surface area contributed by atoms with Crippen molar-refractivity contribution >= 4 is 22.9 Å². The van der Waals surface area contributed by atoms with Crippen molar-refractivity contribution in [2.45, 2.75) is 52.0 Å². The van der Waals surface area contributed by atoms with Crippen LogP contribution in [0, 0.1) is 12.3 Å². The molecule has 1 saturated heterocycles. The van der Waals surface area contributed by atoms with E-state index in [1.165, 1.54) is 16.1 Å². The molecule has 8 heteroatoms. The van der Waals surface area contributed by atoms with E-state index in [2.05, 4.69) is 38.8 Å². The Kier molecular flexibility index (Phi) is 6.48. The second kappa shape index (κ2) is 9.69. The molecule has 3 aromatic rings. The maximum absolute atomic E-state index is 11.8. The van der Waals surface area contributed by atoms with E-state index in [1.54, 1.807) is 18.3 Å². The smallest absolute Gasteiger partial charge is 0.136 e. The van der Waals surface area contributed by atoms with Crippen molar-refractivity contribution in [2.24, 2.45) is 0 Å². The number of nitrogens with zero attached hydrogens (tertiary/aromatic N) is 5. The summed E-state index contributed by atoms with van der Waals surface area (Å²) in [5.74, 6) is 3.79. The molecule has 0 aromatic carbocycles. The summed E-state index contributed by atoms with van der Waals surface area (Å²) >= 11 is 1.66. The topological polar surface area (TPSA) is 75.9 Å². The molecule has 2 aliphatic rings. The molecule has 7 nitrogen and oxygen atoms in total.